The van der Waals surface area contributed by atoms with Crippen LogP contribution in [0.2, 0.25) is 0 Å². The Balaban J connectivity index is 1.27. The van der Waals surface area contributed by atoms with Gasteiger partial charge < -0.3 is 14.8 Å². The number of nitrogens with one attached hydrogen (secondary N) is 1. The van der Waals surface area contributed by atoms with Gasteiger partial charge in [-0.2, -0.15) is 0 Å². The van der Waals surface area contributed by atoms with Crippen LogP contribution in [-0.2, 0) is 21.5 Å². The minimum atomic E-state index is -0.604. The first-order chi connectivity index (χ1) is 19.6. The molecular weight excluding hydrogens is 524 g/mol. The van der Waals surface area contributed by atoms with Gasteiger partial charge in [-0.15, -0.1) is 0 Å². The summed E-state index contributed by atoms with van der Waals surface area (Å²) in [5.74, 6) is 1.16. The monoisotopic (exact) mass is 560 g/mol. The number of hydrogen-bond acceptors (Lipinski definition) is 7. The van der Waals surface area contributed by atoms with Crippen molar-refractivity contribution in [2.24, 2.45) is 0 Å². The number of imidazole rings is 1. The number of nitrogens with zero attached hydrogens (tertiary/aromatic N) is 5. The molecule has 11 nitrogen and oxygen atoms in total. The fraction of sp³-hybridized carbons (Fsp3) is 0.467. The third kappa shape index (κ3) is 4.67. The van der Waals surface area contributed by atoms with Gasteiger partial charge in [0.15, 0.2) is 0 Å². The highest BCUT2D eigenvalue weighted by Crippen LogP contribution is 2.49. The normalized spacial score (nSPS) is 22.6. The van der Waals surface area contributed by atoms with Crippen LogP contribution in [0, 0.1) is 0 Å². The summed E-state index contributed by atoms with van der Waals surface area (Å²) in [4.78, 5) is 49.2. The smallest absolute Gasteiger partial charge is 0.411 e. The zero-order valence-corrected chi connectivity index (χ0v) is 23.9. The minimum absolute atomic E-state index is 0.0437. The second kappa shape index (κ2) is 10.1. The number of pyridine rings is 1. The molecule has 0 radical (unpaired) electrons. The highest BCUT2D eigenvalue weighted by atomic mass is 16.6. The summed E-state index contributed by atoms with van der Waals surface area (Å²) in [6.07, 6.45) is 4.79. The molecule has 2 atom stereocenters. The molecule has 1 N–H and O–H groups in total. The Morgan fingerprint density at radius 3 is 2.66 bits per heavy atom. The van der Waals surface area contributed by atoms with E-state index in [0.717, 1.165) is 23.3 Å². The van der Waals surface area contributed by atoms with E-state index in [-0.39, 0.29) is 43.6 Å². The van der Waals surface area contributed by atoms with Crippen LogP contribution in [0.5, 0.6) is 5.75 Å². The van der Waals surface area contributed by atoms with E-state index >= 15 is 0 Å². The van der Waals surface area contributed by atoms with Gasteiger partial charge in [0.05, 0.1) is 24.9 Å². The molecular formula is C30H36N6O5. The SMILES string of the molecule is COc1ccc(CCN2C(=O)CCN(c3cnc4c(C56CNCC(C5)N6C(=O)OC(C)(C)C)cccn34)C2=O)cc1. The maximum absolute atomic E-state index is 13.6. The Morgan fingerprint density at radius 1 is 1.17 bits per heavy atom. The summed E-state index contributed by atoms with van der Waals surface area (Å²) in [7, 11) is 1.61. The molecule has 3 aromatic rings. The van der Waals surface area contributed by atoms with Gasteiger partial charge in [-0.25, -0.2) is 14.6 Å². The van der Waals surface area contributed by atoms with Crippen molar-refractivity contribution in [3.8, 4) is 5.75 Å². The molecule has 41 heavy (non-hydrogen) atoms. The number of methoxy groups -OCH3 is 1. The van der Waals surface area contributed by atoms with Crippen molar-refractivity contribution in [1.29, 1.82) is 0 Å². The van der Waals surface area contributed by atoms with E-state index < -0.39 is 11.1 Å². The summed E-state index contributed by atoms with van der Waals surface area (Å²) >= 11 is 0. The number of amides is 4. The molecule has 6 heterocycles. The summed E-state index contributed by atoms with van der Waals surface area (Å²) in [5.41, 5.74) is 1.39. The first-order valence-corrected chi connectivity index (χ1v) is 14.1. The molecule has 216 valence electrons. The zero-order chi connectivity index (χ0) is 28.9. The van der Waals surface area contributed by atoms with Gasteiger partial charge in [0.2, 0.25) is 5.91 Å². The molecule has 4 aliphatic rings. The van der Waals surface area contributed by atoms with Crippen molar-refractivity contribution in [3.63, 3.8) is 0 Å². The van der Waals surface area contributed by atoms with Gasteiger partial charge in [-0.05, 0) is 57.4 Å². The maximum Gasteiger partial charge on any atom is 0.411 e. The lowest BCUT2D eigenvalue weighted by Gasteiger charge is -2.61. The third-order valence-corrected chi connectivity index (χ3v) is 8.18. The van der Waals surface area contributed by atoms with Crippen LogP contribution in [0.15, 0.2) is 48.8 Å². The lowest BCUT2D eigenvalue weighted by atomic mass is 9.71. The predicted octanol–water partition coefficient (Wildman–Crippen LogP) is 3.55. The number of hydrogen-bond donors (Lipinski definition) is 1. The van der Waals surface area contributed by atoms with Crippen molar-refractivity contribution in [3.05, 3.63) is 59.9 Å². The minimum Gasteiger partial charge on any atom is -0.497 e. The number of carbonyl (C=O) groups is 3. The largest absolute Gasteiger partial charge is 0.497 e. The highest BCUT2D eigenvalue weighted by Gasteiger charge is 2.59. The van der Waals surface area contributed by atoms with E-state index in [1.807, 2.05) is 72.7 Å². The Labute approximate surface area is 239 Å². The first-order valence-electron chi connectivity index (χ1n) is 14.1. The predicted molar refractivity (Wildman–Crippen MR) is 152 cm³/mol. The number of ether oxygens (including phenoxy) is 2. The molecule has 0 spiro atoms. The van der Waals surface area contributed by atoms with Crippen LogP contribution in [-0.4, -0.2) is 82.1 Å². The van der Waals surface area contributed by atoms with Crippen LogP contribution in [0.1, 0.15) is 44.7 Å². The molecule has 0 saturated carbocycles. The number of benzene rings is 1. The summed E-state index contributed by atoms with van der Waals surface area (Å²) in [5, 5.41) is 3.46. The molecule has 0 aliphatic carbocycles. The van der Waals surface area contributed by atoms with Gasteiger partial charge >= 0.3 is 12.1 Å². The van der Waals surface area contributed by atoms with Gasteiger partial charge in [0.25, 0.3) is 0 Å². The fourth-order valence-corrected chi connectivity index (χ4v) is 6.27. The Hall–Kier alpha value is -4.12. The molecule has 4 amide bonds. The van der Waals surface area contributed by atoms with E-state index in [4.69, 9.17) is 14.5 Å². The molecule has 4 saturated heterocycles. The molecule has 2 unspecified atom stereocenters. The quantitative estimate of drug-likeness (QED) is 0.491. The Kier molecular flexibility index (Phi) is 6.64. The van der Waals surface area contributed by atoms with E-state index in [2.05, 4.69) is 5.32 Å². The number of imide groups is 1. The summed E-state index contributed by atoms with van der Waals surface area (Å²) in [6.45, 7) is 7.46. The van der Waals surface area contributed by atoms with Gasteiger partial charge in [0, 0.05) is 44.4 Å². The average Bonchev–Trinajstić information content (AvgIpc) is 3.36. The standard InChI is InChI=1S/C30H36N6O5/c1-29(2,3)41-28(39)36-21-16-30(36,19-31-17-21)23-6-5-13-33-24(18-32-26(23)33)34-15-12-25(37)35(27(34)38)14-11-20-7-9-22(40-4)10-8-20/h5-10,13,18,21,31H,11-12,14-17,19H2,1-4H3. The number of aromatic nitrogens is 2. The number of carbonyl (C=O) groups excluding carboxylic acids is 3. The molecule has 4 fully saturated rings. The Bertz CT molecular complexity index is 1490. The molecule has 7 rings (SSSR count). The van der Waals surface area contributed by atoms with Crippen molar-refractivity contribution < 1.29 is 23.9 Å². The number of piperidine rings is 1. The van der Waals surface area contributed by atoms with E-state index in [9.17, 15) is 14.4 Å². The summed E-state index contributed by atoms with van der Waals surface area (Å²) < 4.78 is 12.9. The van der Waals surface area contributed by atoms with E-state index in [0.29, 0.717) is 31.0 Å². The van der Waals surface area contributed by atoms with Crippen LogP contribution >= 0.6 is 0 Å². The maximum atomic E-state index is 13.6. The van der Waals surface area contributed by atoms with Gasteiger partial charge in [0.1, 0.15) is 22.8 Å². The number of fused-ring (bicyclic) bond motifs is 3. The Morgan fingerprint density at radius 2 is 1.95 bits per heavy atom. The molecule has 2 aromatic heterocycles. The van der Waals surface area contributed by atoms with Crippen LogP contribution < -0.4 is 15.0 Å². The van der Waals surface area contributed by atoms with Crippen molar-refractivity contribution in [1.82, 2.24) is 24.5 Å². The first kappa shape index (κ1) is 27.1. The number of rotatable bonds is 6. The van der Waals surface area contributed by atoms with Crippen molar-refractivity contribution >= 4 is 29.5 Å². The number of piperazine rings is 1. The lowest BCUT2D eigenvalue weighted by molar-refractivity contribution is -0.128. The summed E-state index contributed by atoms with van der Waals surface area (Å²) in [6, 6.07) is 11.2. The van der Waals surface area contributed by atoms with Gasteiger partial charge in [-0.1, -0.05) is 18.2 Å². The zero-order valence-electron chi connectivity index (χ0n) is 23.9. The number of anilines is 1. The number of urea groups is 1. The van der Waals surface area contributed by atoms with Crippen LogP contribution in [0.25, 0.3) is 5.65 Å². The van der Waals surface area contributed by atoms with Gasteiger partial charge in [-0.3, -0.25) is 23.9 Å². The second-order valence-corrected chi connectivity index (χ2v) is 11.9. The topological polar surface area (TPSA) is 109 Å². The van der Waals surface area contributed by atoms with E-state index in [1.54, 1.807) is 18.2 Å². The highest BCUT2D eigenvalue weighted by molar-refractivity contribution is 6.05. The average molecular weight is 561 g/mol. The lowest BCUT2D eigenvalue weighted by Crippen LogP contribution is -2.75. The third-order valence-electron chi connectivity index (χ3n) is 8.18. The molecule has 4 aliphatic heterocycles. The molecule has 11 heteroatoms. The molecule has 2 bridgehead atoms. The van der Waals surface area contributed by atoms with Crippen molar-refractivity contribution in [2.75, 3.05) is 38.2 Å². The van der Waals surface area contributed by atoms with Crippen LogP contribution in [0.4, 0.5) is 15.4 Å². The molecule has 1 aromatic carbocycles. The van der Waals surface area contributed by atoms with Crippen LogP contribution in [0.3, 0.4) is 0 Å². The van der Waals surface area contributed by atoms with Crippen molar-refractivity contribution in [2.45, 2.75) is 57.2 Å². The van der Waals surface area contributed by atoms with E-state index in [1.165, 1.54) is 4.90 Å². The second-order valence-electron chi connectivity index (χ2n) is 11.9. The fourth-order valence-electron chi connectivity index (χ4n) is 6.27.